The highest BCUT2D eigenvalue weighted by Gasteiger charge is 2.10. The summed E-state index contributed by atoms with van der Waals surface area (Å²) in [5, 5.41) is 2.43. The zero-order valence-electron chi connectivity index (χ0n) is 6.36. The molecule has 2 heteroatoms. The molecule has 0 saturated heterocycles. The lowest BCUT2D eigenvalue weighted by Crippen LogP contribution is -1.93. The Balaban J connectivity index is 2.53. The zero-order valence-corrected chi connectivity index (χ0v) is 6.36. The fourth-order valence-electron chi connectivity index (χ4n) is 1.49. The third-order valence-electron chi connectivity index (χ3n) is 2.17. The SMILES string of the molecule is C1=Nc2ccc3ccncc3c21. The molecule has 0 amide bonds. The molecular weight excluding hydrogens is 148 g/mol. The lowest BCUT2D eigenvalue weighted by molar-refractivity contribution is 1.35. The topological polar surface area (TPSA) is 25.2 Å². The molecule has 1 aromatic heterocycles. The summed E-state index contributed by atoms with van der Waals surface area (Å²) in [6.45, 7) is 0. The summed E-state index contributed by atoms with van der Waals surface area (Å²) in [5.41, 5.74) is 2.30. The van der Waals surface area contributed by atoms with Crippen molar-refractivity contribution in [1.82, 2.24) is 4.98 Å². The predicted molar refractivity (Wildman–Crippen MR) is 49.0 cm³/mol. The molecule has 2 heterocycles. The summed E-state index contributed by atoms with van der Waals surface area (Å²) in [6, 6.07) is 6.13. The molecule has 2 aromatic rings. The molecule has 1 aromatic carbocycles. The molecule has 1 aliphatic heterocycles. The van der Waals surface area contributed by atoms with Crippen LogP contribution < -0.4 is 0 Å². The molecule has 1 aliphatic rings. The second-order valence-corrected chi connectivity index (χ2v) is 2.85. The maximum Gasteiger partial charge on any atom is 0.0724 e. The van der Waals surface area contributed by atoms with Crippen LogP contribution in [0, 0.1) is 0 Å². The van der Waals surface area contributed by atoms with Gasteiger partial charge in [0.2, 0.25) is 0 Å². The molecule has 0 aliphatic carbocycles. The number of aromatic nitrogens is 1. The maximum atomic E-state index is 4.13. The summed E-state index contributed by atoms with van der Waals surface area (Å²) < 4.78 is 0. The van der Waals surface area contributed by atoms with Gasteiger partial charge >= 0.3 is 0 Å². The van der Waals surface area contributed by atoms with Crippen LogP contribution in [0.4, 0.5) is 5.69 Å². The van der Waals surface area contributed by atoms with E-state index in [4.69, 9.17) is 0 Å². The molecule has 0 fully saturated rings. The smallest absolute Gasteiger partial charge is 0.0724 e. The first-order valence-corrected chi connectivity index (χ1v) is 3.86. The van der Waals surface area contributed by atoms with Gasteiger partial charge in [-0.1, -0.05) is 6.07 Å². The van der Waals surface area contributed by atoms with E-state index in [1.165, 1.54) is 16.3 Å². The minimum Gasteiger partial charge on any atom is -0.264 e. The lowest BCUT2D eigenvalue weighted by Gasteiger charge is -2.11. The van der Waals surface area contributed by atoms with Gasteiger partial charge in [0.05, 0.1) is 5.69 Å². The van der Waals surface area contributed by atoms with Crippen molar-refractivity contribution in [2.75, 3.05) is 0 Å². The fourth-order valence-corrected chi connectivity index (χ4v) is 1.49. The molecule has 0 radical (unpaired) electrons. The van der Waals surface area contributed by atoms with Gasteiger partial charge in [-0.05, 0) is 17.5 Å². The molecule has 2 nitrogen and oxygen atoms in total. The quantitative estimate of drug-likeness (QED) is 0.487. The number of hydrogen-bond donors (Lipinski definition) is 0. The average Bonchev–Trinajstić information content (AvgIpc) is 2.05. The van der Waals surface area contributed by atoms with Crippen LogP contribution in [0.15, 0.2) is 35.6 Å². The number of rotatable bonds is 0. The standard InChI is InChI=1S/C10H6N2/c1-2-10-9(6-12-10)8-5-11-4-3-7(1)8/h1-6H. The van der Waals surface area contributed by atoms with Gasteiger partial charge in [-0.2, -0.15) is 0 Å². The fraction of sp³-hybridized carbons (Fsp3) is 0. The van der Waals surface area contributed by atoms with Crippen LogP contribution in [0.1, 0.15) is 5.56 Å². The largest absolute Gasteiger partial charge is 0.264 e. The number of aliphatic imine (C=N–C) groups is 1. The van der Waals surface area contributed by atoms with Crippen molar-refractivity contribution in [3.05, 3.63) is 36.2 Å². The molecule has 0 saturated carbocycles. The first-order chi connectivity index (χ1) is 5.95. The van der Waals surface area contributed by atoms with Gasteiger partial charge in [0.1, 0.15) is 0 Å². The van der Waals surface area contributed by atoms with Gasteiger partial charge < -0.3 is 0 Å². The summed E-state index contributed by atoms with van der Waals surface area (Å²) in [4.78, 5) is 8.22. The van der Waals surface area contributed by atoms with Crippen LogP contribution >= 0.6 is 0 Å². The first-order valence-electron chi connectivity index (χ1n) is 3.86. The summed E-state index contributed by atoms with van der Waals surface area (Å²) >= 11 is 0. The molecule has 0 N–H and O–H groups in total. The highest BCUT2D eigenvalue weighted by Crippen LogP contribution is 2.31. The molecular formula is C10H6N2. The van der Waals surface area contributed by atoms with Crippen LogP contribution in [-0.2, 0) is 0 Å². The van der Waals surface area contributed by atoms with Crippen LogP contribution in [0.3, 0.4) is 0 Å². The molecule has 0 spiro atoms. The van der Waals surface area contributed by atoms with E-state index in [-0.39, 0.29) is 0 Å². The van der Waals surface area contributed by atoms with Gasteiger partial charge in [0, 0.05) is 29.6 Å². The van der Waals surface area contributed by atoms with E-state index in [1.807, 2.05) is 30.7 Å². The average molecular weight is 154 g/mol. The van der Waals surface area contributed by atoms with E-state index in [1.54, 1.807) is 0 Å². The Kier molecular flexibility index (Phi) is 0.939. The highest BCUT2D eigenvalue weighted by molar-refractivity contribution is 6.09. The predicted octanol–water partition coefficient (Wildman–Crippen LogP) is 2.30. The lowest BCUT2D eigenvalue weighted by atomic mass is 10.0. The molecule has 3 rings (SSSR count). The van der Waals surface area contributed by atoms with Gasteiger partial charge in [-0.3, -0.25) is 9.98 Å². The van der Waals surface area contributed by atoms with Gasteiger partial charge in [-0.15, -0.1) is 0 Å². The summed E-state index contributed by atoms with van der Waals surface area (Å²) in [6.07, 6.45) is 5.59. The van der Waals surface area contributed by atoms with Crippen LogP contribution in [0.25, 0.3) is 10.8 Å². The monoisotopic (exact) mass is 154 g/mol. The van der Waals surface area contributed by atoms with Crippen molar-refractivity contribution >= 4 is 22.7 Å². The number of nitrogens with zero attached hydrogens (tertiary/aromatic N) is 2. The third-order valence-corrected chi connectivity index (χ3v) is 2.17. The minimum atomic E-state index is 1.08. The second kappa shape index (κ2) is 1.91. The molecule has 12 heavy (non-hydrogen) atoms. The van der Waals surface area contributed by atoms with E-state index in [9.17, 15) is 0 Å². The van der Waals surface area contributed by atoms with Gasteiger partial charge in [-0.25, -0.2) is 0 Å². The molecule has 0 unspecified atom stereocenters. The molecule has 0 atom stereocenters. The van der Waals surface area contributed by atoms with E-state index in [2.05, 4.69) is 16.0 Å². The van der Waals surface area contributed by atoms with E-state index in [0.717, 1.165) is 5.69 Å². The Labute approximate surface area is 69.6 Å². The second-order valence-electron chi connectivity index (χ2n) is 2.85. The minimum absolute atomic E-state index is 1.08. The number of hydrogen-bond acceptors (Lipinski definition) is 2. The van der Waals surface area contributed by atoms with Crippen molar-refractivity contribution in [2.45, 2.75) is 0 Å². The maximum absolute atomic E-state index is 4.13. The Hall–Kier alpha value is -1.70. The Morgan fingerprint density at radius 3 is 2.92 bits per heavy atom. The zero-order chi connectivity index (χ0) is 7.97. The number of fused-ring (bicyclic) bond motifs is 3. The molecule has 56 valence electrons. The van der Waals surface area contributed by atoms with Crippen molar-refractivity contribution in [3.8, 4) is 0 Å². The van der Waals surface area contributed by atoms with E-state index < -0.39 is 0 Å². The van der Waals surface area contributed by atoms with Crippen LogP contribution in [0.5, 0.6) is 0 Å². The number of benzene rings is 1. The Morgan fingerprint density at radius 2 is 2.08 bits per heavy atom. The number of pyridine rings is 1. The van der Waals surface area contributed by atoms with Gasteiger partial charge in [0.15, 0.2) is 0 Å². The van der Waals surface area contributed by atoms with Crippen molar-refractivity contribution in [1.29, 1.82) is 0 Å². The van der Waals surface area contributed by atoms with E-state index >= 15 is 0 Å². The van der Waals surface area contributed by atoms with Crippen molar-refractivity contribution in [2.24, 2.45) is 4.99 Å². The Morgan fingerprint density at radius 1 is 1.08 bits per heavy atom. The van der Waals surface area contributed by atoms with E-state index in [0.29, 0.717) is 0 Å². The normalized spacial score (nSPS) is 12.7. The highest BCUT2D eigenvalue weighted by atomic mass is 14.8. The molecule has 0 bridgehead atoms. The summed E-state index contributed by atoms with van der Waals surface area (Å²) in [7, 11) is 0. The van der Waals surface area contributed by atoms with Crippen LogP contribution in [-0.4, -0.2) is 11.2 Å². The van der Waals surface area contributed by atoms with Gasteiger partial charge in [0.25, 0.3) is 0 Å². The Bertz CT molecular complexity index is 486. The van der Waals surface area contributed by atoms with Crippen molar-refractivity contribution < 1.29 is 0 Å². The first kappa shape index (κ1) is 5.89. The summed E-state index contributed by atoms with van der Waals surface area (Å²) in [5.74, 6) is 0. The van der Waals surface area contributed by atoms with Crippen molar-refractivity contribution in [3.63, 3.8) is 0 Å². The van der Waals surface area contributed by atoms with Crippen LogP contribution in [0.2, 0.25) is 0 Å². The third kappa shape index (κ3) is 0.593.